The molecule has 0 aliphatic carbocycles. The molecule has 0 radical (unpaired) electrons. The number of Topliss-reactive ketones (excluding diaryl/α,β-unsaturated/α-hetero) is 1. The molecule has 0 aromatic heterocycles. The average molecular weight is 230 g/mol. The molecule has 0 aliphatic heterocycles. The predicted octanol–water partition coefficient (Wildman–Crippen LogP) is 1.40. The molecule has 0 spiro atoms. The standard InChI is InChI=1S/C9H8F2N2O3/c1-4(12)9(14)5-2-7(11)8(13(15)16)3-6(5)10/h2-4H,12H2,1H3. The van der Waals surface area contributed by atoms with Crippen LogP contribution in [0, 0.1) is 21.7 Å². The van der Waals surface area contributed by atoms with Crippen LogP contribution in [0.2, 0.25) is 0 Å². The minimum Gasteiger partial charge on any atom is -0.321 e. The second-order valence-electron chi connectivity index (χ2n) is 3.19. The van der Waals surface area contributed by atoms with Gasteiger partial charge in [0.1, 0.15) is 5.82 Å². The molecule has 0 fully saturated rings. The number of nitro groups is 1. The van der Waals surface area contributed by atoms with E-state index in [-0.39, 0.29) is 0 Å². The normalized spacial score (nSPS) is 12.2. The molecule has 1 aromatic carbocycles. The van der Waals surface area contributed by atoms with Crippen molar-refractivity contribution in [2.24, 2.45) is 5.73 Å². The summed E-state index contributed by atoms with van der Waals surface area (Å²) in [5.74, 6) is -3.24. The number of carbonyl (C=O) groups excluding carboxylic acids is 1. The first kappa shape index (κ1) is 12.2. The van der Waals surface area contributed by atoms with E-state index >= 15 is 0 Å². The monoisotopic (exact) mass is 230 g/mol. The second-order valence-corrected chi connectivity index (χ2v) is 3.19. The summed E-state index contributed by atoms with van der Waals surface area (Å²) in [5.41, 5.74) is 3.61. The summed E-state index contributed by atoms with van der Waals surface area (Å²) in [5, 5.41) is 10.3. The summed E-state index contributed by atoms with van der Waals surface area (Å²) in [4.78, 5) is 20.5. The number of benzene rings is 1. The van der Waals surface area contributed by atoms with Gasteiger partial charge in [-0.15, -0.1) is 0 Å². The van der Waals surface area contributed by atoms with Crippen LogP contribution < -0.4 is 5.73 Å². The van der Waals surface area contributed by atoms with E-state index in [1.165, 1.54) is 6.92 Å². The molecule has 0 saturated heterocycles. The Balaban J connectivity index is 3.31. The van der Waals surface area contributed by atoms with Crippen molar-refractivity contribution in [1.82, 2.24) is 0 Å². The average Bonchev–Trinajstić information content (AvgIpc) is 2.19. The summed E-state index contributed by atoms with van der Waals surface area (Å²) in [6.07, 6.45) is 0. The number of nitrogens with zero attached hydrogens (tertiary/aromatic N) is 1. The summed E-state index contributed by atoms with van der Waals surface area (Å²) >= 11 is 0. The van der Waals surface area contributed by atoms with E-state index < -0.39 is 39.6 Å². The predicted molar refractivity (Wildman–Crippen MR) is 51.0 cm³/mol. The smallest absolute Gasteiger partial charge is 0.307 e. The number of hydrogen-bond donors (Lipinski definition) is 1. The Labute approximate surface area is 89.0 Å². The topological polar surface area (TPSA) is 86.2 Å². The van der Waals surface area contributed by atoms with Crippen molar-refractivity contribution in [3.8, 4) is 0 Å². The number of rotatable bonds is 3. The molecule has 1 atom stereocenters. The molecule has 1 rings (SSSR count). The lowest BCUT2D eigenvalue weighted by atomic mass is 10.0. The molecule has 0 amide bonds. The maximum Gasteiger partial charge on any atom is 0.307 e. The SMILES string of the molecule is CC(N)C(=O)c1cc(F)c([N+](=O)[O-])cc1F. The Bertz CT molecular complexity index is 460. The van der Waals surface area contributed by atoms with Gasteiger partial charge in [0, 0.05) is 0 Å². The van der Waals surface area contributed by atoms with Crippen molar-refractivity contribution >= 4 is 11.5 Å². The van der Waals surface area contributed by atoms with Crippen LogP contribution >= 0.6 is 0 Å². The quantitative estimate of drug-likeness (QED) is 0.483. The van der Waals surface area contributed by atoms with Gasteiger partial charge < -0.3 is 5.73 Å². The van der Waals surface area contributed by atoms with Crippen LogP contribution in [0.3, 0.4) is 0 Å². The van der Waals surface area contributed by atoms with E-state index in [1.807, 2.05) is 0 Å². The number of hydrogen-bond acceptors (Lipinski definition) is 4. The van der Waals surface area contributed by atoms with E-state index in [2.05, 4.69) is 0 Å². The minimum atomic E-state index is -1.27. The maximum absolute atomic E-state index is 13.3. The molecule has 0 heterocycles. The maximum atomic E-state index is 13.3. The highest BCUT2D eigenvalue weighted by Gasteiger charge is 2.23. The second kappa shape index (κ2) is 4.31. The molecule has 7 heteroatoms. The molecular weight excluding hydrogens is 222 g/mol. The molecule has 1 unspecified atom stereocenters. The first-order valence-electron chi connectivity index (χ1n) is 4.27. The van der Waals surface area contributed by atoms with Crippen LogP contribution in [0.5, 0.6) is 0 Å². The highest BCUT2D eigenvalue weighted by atomic mass is 19.1. The zero-order valence-electron chi connectivity index (χ0n) is 8.24. The lowest BCUT2D eigenvalue weighted by Crippen LogP contribution is -2.27. The Hall–Kier alpha value is -1.89. The third-order valence-corrected chi connectivity index (χ3v) is 1.91. The zero-order chi connectivity index (χ0) is 12.5. The van der Waals surface area contributed by atoms with E-state index in [4.69, 9.17) is 5.73 Å². The molecule has 5 nitrogen and oxygen atoms in total. The summed E-state index contributed by atoms with van der Waals surface area (Å²) in [6, 6.07) is -0.153. The highest BCUT2D eigenvalue weighted by Crippen LogP contribution is 2.22. The molecular formula is C9H8F2N2O3. The Morgan fingerprint density at radius 2 is 2.00 bits per heavy atom. The van der Waals surface area contributed by atoms with Gasteiger partial charge in [0.2, 0.25) is 5.82 Å². The molecule has 16 heavy (non-hydrogen) atoms. The van der Waals surface area contributed by atoms with Crippen molar-refractivity contribution in [3.63, 3.8) is 0 Å². The van der Waals surface area contributed by atoms with Gasteiger partial charge in [0.25, 0.3) is 0 Å². The molecule has 0 aliphatic rings. The van der Waals surface area contributed by atoms with Gasteiger partial charge in [-0.2, -0.15) is 4.39 Å². The van der Waals surface area contributed by atoms with Crippen LogP contribution in [-0.2, 0) is 0 Å². The van der Waals surface area contributed by atoms with Gasteiger partial charge in [-0.3, -0.25) is 14.9 Å². The van der Waals surface area contributed by atoms with E-state index in [9.17, 15) is 23.7 Å². The molecule has 0 saturated carbocycles. The molecule has 0 bridgehead atoms. The van der Waals surface area contributed by atoms with Crippen LogP contribution in [0.25, 0.3) is 0 Å². The van der Waals surface area contributed by atoms with Crippen molar-refractivity contribution in [2.45, 2.75) is 13.0 Å². The molecule has 1 aromatic rings. The summed E-state index contributed by atoms with van der Waals surface area (Å²) in [7, 11) is 0. The summed E-state index contributed by atoms with van der Waals surface area (Å²) < 4.78 is 26.4. The minimum absolute atomic E-state index is 0.366. The summed E-state index contributed by atoms with van der Waals surface area (Å²) in [6.45, 7) is 1.31. The number of nitro benzene ring substituents is 1. The van der Waals surface area contributed by atoms with E-state index in [0.717, 1.165) is 0 Å². The lowest BCUT2D eigenvalue weighted by molar-refractivity contribution is -0.387. The zero-order valence-corrected chi connectivity index (χ0v) is 8.24. The van der Waals surface area contributed by atoms with Crippen molar-refractivity contribution < 1.29 is 18.5 Å². The first-order valence-corrected chi connectivity index (χ1v) is 4.27. The third kappa shape index (κ3) is 2.19. The van der Waals surface area contributed by atoms with Crippen LogP contribution in [0.15, 0.2) is 12.1 Å². The Kier molecular flexibility index (Phi) is 3.28. The fourth-order valence-electron chi connectivity index (χ4n) is 1.11. The van der Waals surface area contributed by atoms with Gasteiger partial charge in [-0.05, 0) is 13.0 Å². The number of carbonyl (C=O) groups is 1. The van der Waals surface area contributed by atoms with Crippen molar-refractivity contribution in [1.29, 1.82) is 0 Å². The van der Waals surface area contributed by atoms with Gasteiger partial charge in [-0.25, -0.2) is 4.39 Å². The van der Waals surface area contributed by atoms with Gasteiger partial charge in [0.15, 0.2) is 5.78 Å². The Morgan fingerprint density at radius 3 is 2.44 bits per heavy atom. The van der Waals surface area contributed by atoms with Crippen LogP contribution in [0.4, 0.5) is 14.5 Å². The first-order chi connectivity index (χ1) is 7.34. The fraction of sp³-hybridized carbons (Fsp3) is 0.222. The number of nitrogens with two attached hydrogens (primary N) is 1. The molecule has 86 valence electrons. The van der Waals surface area contributed by atoms with Gasteiger partial charge >= 0.3 is 5.69 Å². The largest absolute Gasteiger partial charge is 0.321 e. The van der Waals surface area contributed by atoms with Crippen LogP contribution in [-0.4, -0.2) is 16.7 Å². The Morgan fingerprint density at radius 1 is 1.44 bits per heavy atom. The molecule has 2 N–H and O–H groups in total. The third-order valence-electron chi connectivity index (χ3n) is 1.91. The fourth-order valence-corrected chi connectivity index (χ4v) is 1.11. The van der Waals surface area contributed by atoms with Gasteiger partial charge in [0.05, 0.1) is 22.6 Å². The lowest BCUT2D eigenvalue weighted by Gasteiger charge is -2.05. The number of ketones is 1. The number of halogens is 2. The highest BCUT2D eigenvalue weighted by molar-refractivity contribution is 6.00. The van der Waals surface area contributed by atoms with Crippen molar-refractivity contribution in [3.05, 3.63) is 39.4 Å². The van der Waals surface area contributed by atoms with Crippen molar-refractivity contribution in [2.75, 3.05) is 0 Å². The van der Waals surface area contributed by atoms with E-state index in [0.29, 0.717) is 12.1 Å². The van der Waals surface area contributed by atoms with E-state index in [1.54, 1.807) is 0 Å². The van der Waals surface area contributed by atoms with Gasteiger partial charge in [-0.1, -0.05) is 0 Å². The van der Waals surface area contributed by atoms with Crippen LogP contribution in [0.1, 0.15) is 17.3 Å².